The molecule has 0 aromatic carbocycles. The van der Waals surface area contributed by atoms with E-state index in [0.29, 0.717) is 63.2 Å². The van der Waals surface area contributed by atoms with Crippen LogP contribution < -0.4 is 10.6 Å². The summed E-state index contributed by atoms with van der Waals surface area (Å²) in [6.45, 7) is 11.5. The van der Waals surface area contributed by atoms with Gasteiger partial charge >= 0.3 is 12.3 Å². The number of carbonyl (C=O) groups is 2. The lowest BCUT2D eigenvalue weighted by Gasteiger charge is -2.40. The molecule has 12 heteroatoms. The van der Waals surface area contributed by atoms with E-state index in [1.807, 2.05) is 0 Å². The Morgan fingerprint density at radius 1 is 1.20 bits per heavy atom. The molecule has 2 aliphatic heterocycles. The first-order valence-corrected chi connectivity index (χ1v) is 16.3. The number of hydrogen-bond donors (Lipinski definition) is 2. The Morgan fingerprint density at radius 3 is 2.62 bits per heavy atom. The zero-order valence-electron chi connectivity index (χ0n) is 27.6. The van der Waals surface area contributed by atoms with E-state index in [0.717, 1.165) is 19.3 Å². The molecule has 3 aliphatic rings. The molecule has 0 bridgehead atoms. The van der Waals surface area contributed by atoms with Gasteiger partial charge in [-0.3, -0.25) is 9.78 Å². The van der Waals surface area contributed by atoms with Gasteiger partial charge in [0.05, 0.1) is 29.4 Å². The van der Waals surface area contributed by atoms with Crippen LogP contribution in [0.4, 0.5) is 18.0 Å². The van der Waals surface area contributed by atoms with E-state index in [1.165, 1.54) is 6.07 Å². The molecule has 2 N–H and O–H groups in total. The number of rotatable bonds is 10. The molecule has 4 rings (SSSR count). The molecule has 4 atom stereocenters. The summed E-state index contributed by atoms with van der Waals surface area (Å²) < 4.78 is 59.0. The predicted octanol–water partition coefficient (Wildman–Crippen LogP) is 5.42. The van der Waals surface area contributed by atoms with Gasteiger partial charge in [-0.05, 0) is 83.3 Å². The topological polar surface area (TPSA) is 102 Å². The van der Waals surface area contributed by atoms with Crippen molar-refractivity contribution in [2.45, 2.75) is 122 Å². The molecule has 2 amide bonds. The maximum Gasteiger partial charge on any atom is 0.418 e. The van der Waals surface area contributed by atoms with E-state index in [-0.39, 0.29) is 48.7 Å². The first kappa shape index (κ1) is 35.4. The molecule has 9 nitrogen and oxygen atoms in total. The normalized spacial score (nSPS) is 25.7. The van der Waals surface area contributed by atoms with Crippen LogP contribution in [0.2, 0.25) is 0 Å². The molecule has 1 unspecified atom stereocenters. The van der Waals surface area contributed by atoms with Crippen molar-refractivity contribution in [3.8, 4) is 0 Å². The number of amides is 2. The Hall–Kier alpha value is -2.44. The Balaban J connectivity index is 1.41. The van der Waals surface area contributed by atoms with E-state index >= 15 is 0 Å². The summed E-state index contributed by atoms with van der Waals surface area (Å²) in [6, 6.07) is 1.53. The molecule has 0 spiro atoms. The van der Waals surface area contributed by atoms with Crippen LogP contribution >= 0.6 is 0 Å². The lowest BCUT2D eigenvalue weighted by atomic mass is 9.74. The minimum Gasteiger partial charge on any atom is -0.444 e. The van der Waals surface area contributed by atoms with Crippen LogP contribution in [0.1, 0.15) is 95.7 Å². The van der Waals surface area contributed by atoms with Gasteiger partial charge in [-0.25, -0.2) is 4.79 Å². The number of nitrogens with one attached hydrogen (secondary N) is 2. The van der Waals surface area contributed by atoms with Crippen molar-refractivity contribution in [1.82, 2.24) is 20.5 Å². The maximum atomic E-state index is 14.2. The predicted molar refractivity (Wildman–Crippen MR) is 164 cm³/mol. The molecule has 1 aromatic rings. The first-order valence-electron chi connectivity index (χ1n) is 16.3. The summed E-state index contributed by atoms with van der Waals surface area (Å²) in [5.41, 5.74) is -0.828. The van der Waals surface area contributed by atoms with Gasteiger partial charge in [0.2, 0.25) is 5.91 Å². The monoisotopic (exact) mass is 640 g/mol. The highest BCUT2D eigenvalue weighted by atomic mass is 19.4. The highest BCUT2D eigenvalue weighted by Gasteiger charge is 2.50. The van der Waals surface area contributed by atoms with E-state index in [9.17, 15) is 22.8 Å². The van der Waals surface area contributed by atoms with Crippen molar-refractivity contribution < 1.29 is 37.0 Å². The average Bonchev–Trinajstić information content (AvgIpc) is 3.40. The lowest BCUT2D eigenvalue weighted by molar-refractivity contribution is -0.146. The molecule has 0 radical (unpaired) electrons. The number of methoxy groups -OCH3 is 1. The summed E-state index contributed by atoms with van der Waals surface area (Å²) in [5.74, 6) is 0.111. The summed E-state index contributed by atoms with van der Waals surface area (Å²) in [5, 5.41) is 6.37. The second-order valence-electron chi connectivity index (χ2n) is 14.1. The van der Waals surface area contributed by atoms with Crippen molar-refractivity contribution in [3.05, 3.63) is 28.6 Å². The number of unbranched alkanes of at least 4 members (excludes halogenated alkanes) is 1. The number of aromatic nitrogens is 1. The second-order valence-corrected chi connectivity index (χ2v) is 14.1. The smallest absolute Gasteiger partial charge is 0.418 e. The second kappa shape index (κ2) is 14.5. The van der Waals surface area contributed by atoms with Gasteiger partial charge in [0.25, 0.3) is 0 Å². The Labute approximate surface area is 265 Å². The maximum absolute atomic E-state index is 14.2. The zero-order chi connectivity index (χ0) is 33.0. The Bertz CT molecular complexity index is 1190. The van der Waals surface area contributed by atoms with Crippen LogP contribution in [0.25, 0.3) is 0 Å². The van der Waals surface area contributed by atoms with Gasteiger partial charge in [0.1, 0.15) is 5.60 Å². The number of alkyl carbamates (subject to hydrolysis) is 1. The van der Waals surface area contributed by atoms with Gasteiger partial charge in [-0.1, -0.05) is 13.8 Å². The number of nitrogens with zero attached hydrogens (tertiary/aromatic N) is 2. The van der Waals surface area contributed by atoms with Crippen LogP contribution in [0.15, 0.2) is 6.07 Å². The molecule has 1 saturated heterocycles. The molecule has 3 heterocycles. The summed E-state index contributed by atoms with van der Waals surface area (Å²) in [7, 11) is 1.69. The average molecular weight is 641 g/mol. The Kier molecular flexibility index (Phi) is 11.4. The summed E-state index contributed by atoms with van der Waals surface area (Å²) in [6.07, 6.45) is -0.532. The third-order valence-corrected chi connectivity index (χ3v) is 9.49. The third kappa shape index (κ3) is 8.88. The molecular weight excluding hydrogens is 589 g/mol. The Morgan fingerprint density at radius 2 is 1.96 bits per heavy atom. The van der Waals surface area contributed by atoms with Gasteiger partial charge in [-0.15, -0.1) is 0 Å². The number of carbonyl (C=O) groups excluding carboxylic acids is 2. The van der Waals surface area contributed by atoms with Crippen molar-refractivity contribution in [1.29, 1.82) is 0 Å². The van der Waals surface area contributed by atoms with Gasteiger partial charge in [0.15, 0.2) is 0 Å². The highest BCUT2D eigenvalue weighted by Crippen LogP contribution is 2.47. The number of fused-ring (bicyclic) bond motifs is 1. The van der Waals surface area contributed by atoms with Crippen molar-refractivity contribution in [2.24, 2.45) is 11.3 Å². The molecule has 1 aliphatic carbocycles. The summed E-state index contributed by atoms with van der Waals surface area (Å²) in [4.78, 5) is 32.3. The van der Waals surface area contributed by atoms with E-state index in [1.54, 1.807) is 32.8 Å². The van der Waals surface area contributed by atoms with Crippen LogP contribution in [-0.4, -0.2) is 79.1 Å². The SMILES string of the molecule is CO[C@@H]1COCCC1N[C@@H]1CC[C@@](C(=O)N2CCc3nc(CCCCNC(=O)OC(C)(C)C)c(C(F)(F)F)cc3C2)(C(C)C)C1. The van der Waals surface area contributed by atoms with E-state index in [2.05, 4.69) is 29.5 Å². The number of hydrogen-bond acceptors (Lipinski definition) is 7. The molecule has 2 fully saturated rings. The fraction of sp³-hybridized carbons (Fsp3) is 0.788. The van der Waals surface area contributed by atoms with E-state index < -0.39 is 28.8 Å². The number of alkyl halides is 3. The molecule has 1 aromatic heterocycles. The minimum atomic E-state index is -4.56. The van der Waals surface area contributed by atoms with Crippen LogP contribution in [0.3, 0.4) is 0 Å². The van der Waals surface area contributed by atoms with Crippen molar-refractivity contribution in [3.63, 3.8) is 0 Å². The first-order chi connectivity index (χ1) is 21.1. The lowest BCUT2D eigenvalue weighted by Crippen LogP contribution is -2.52. The molecule has 45 heavy (non-hydrogen) atoms. The van der Waals surface area contributed by atoms with Gasteiger partial charge < -0.3 is 29.7 Å². The highest BCUT2D eigenvalue weighted by molar-refractivity contribution is 5.84. The number of ether oxygens (including phenoxy) is 3. The van der Waals surface area contributed by atoms with Crippen LogP contribution in [0, 0.1) is 11.3 Å². The number of pyridine rings is 1. The van der Waals surface area contributed by atoms with Gasteiger partial charge in [-0.2, -0.15) is 13.2 Å². The largest absolute Gasteiger partial charge is 0.444 e. The van der Waals surface area contributed by atoms with Crippen molar-refractivity contribution in [2.75, 3.05) is 33.4 Å². The summed E-state index contributed by atoms with van der Waals surface area (Å²) >= 11 is 0. The minimum absolute atomic E-state index is 0.0177. The molecular formula is C33H51F3N4O5. The fourth-order valence-electron chi connectivity index (χ4n) is 6.98. The molecule has 1 saturated carbocycles. The van der Waals surface area contributed by atoms with Crippen molar-refractivity contribution >= 4 is 12.0 Å². The quantitative estimate of drug-likeness (QED) is 0.330. The zero-order valence-corrected chi connectivity index (χ0v) is 27.6. The fourth-order valence-corrected chi connectivity index (χ4v) is 6.98. The van der Waals surface area contributed by atoms with Crippen LogP contribution in [-0.2, 0) is 44.6 Å². The molecule has 254 valence electrons. The standard InChI is InChI=1S/C33H51F3N4O5/c1-21(2)32(13-10-23(18-32)38-27-12-16-44-20-28(27)43-6)29(41)40-15-11-25-22(19-40)17-24(33(34,35)36)26(39-25)9-7-8-14-37-30(42)45-31(3,4)5/h17,21,23,27-28,38H,7-16,18-20H2,1-6H3,(H,37,42)/t23-,27?,28-,32+/m1/s1. The van der Waals surface area contributed by atoms with E-state index in [4.69, 9.17) is 14.2 Å². The number of halogens is 3. The number of aryl methyl sites for hydroxylation is 1. The van der Waals surface area contributed by atoms with Crippen LogP contribution in [0.5, 0.6) is 0 Å². The third-order valence-electron chi connectivity index (χ3n) is 9.49. The van der Waals surface area contributed by atoms with Gasteiger partial charge in [0, 0.05) is 57.5 Å².